The zero-order chi connectivity index (χ0) is 17.4. The zero-order valence-electron chi connectivity index (χ0n) is 13.8. The highest BCUT2D eigenvalue weighted by Gasteiger charge is 2.21. The van der Waals surface area contributed by atoms with Gasteiger partial charge in [0.25, 0.3) is 0 Å². The fourth-order valence-electron chi connectivity index (χ4n) is 3.20. The van der Waals surface area contributed by atoms with E-state index >= 15 is 0 Å². The van der Waals surface area contributed by atoms with Gasteiger partial charge < -0.3 is 21.2 Å². The predicted octanol–water partition coefficient (Wildman–Crippen LogP) is 3.30. The minimum absolute atomic E-state index is 0.262. The van der Waals surface area contributed by atoms with Gasteiger partial charge in [0.2, 0.25) is 5.88 Å². The summed E-state index contributed by atoms with van der Waals surface area (Å²) in [5.41, 5.74) is 8.35. The molecule has 0 spiro atoms. The van der Waals surface area contributed by atoms with E-state index in [0.717, 1.165) is 28.9 Å². The highest BCUT2D eigenvalue weighted by Crippen LogP contribution is 2.39. The second kappa shape index (κ2) is 6.29. The molecule has 3 aromatic heterocycles. The van der Waals surface area contributed by atoms with E-state index in [2.05, 4.69) is 20.3 Å². The Kier molecular flexibility index (Phi) is 3.96. The first-order valence-electron chi connectivity index (χ1n) is 8.08. The van der Waals surface area contributed by atoms with Crippen molar-refractivity contribution in [3.8, 4) is 5.88 Å². The maximum Gasteiger partial charge on any atom is 0.239 e. The van der Waals surface area contributed by atoms with E-state index in [9.17, 15) is 0 Å². The Bertz CT molecular complexity index is 967. The van der Waals surface area contributed by atoms with Crippen molar-refractivity contribution in [2.45, 2.75) is 25.7 Å². The van der Waals surface area contributed by atoms with Gasteiger partial charge in [-0.3, -0.25) is 0 Å². The van der Waals surface area contributed by atoms with Gasteiger partial charge in [-0.05, 0) is 37.3 Å². The Morgan fingerprint density at radius 1 is 1.32 bits per heavy atom. The number of aromatic nitrogens is 3. The van der Waals surface area contributed by atoms with E-state index < -0.39 is 0 Å². The second-order valence-corrected chi connectivity index (χ2v) is 6.99. The molecule has 0 aromatic carbocycles. The Balaban J connectivity index is 1.84. The highest BCUT2D eigenvalue weighted by molar-refractivity contribution is 7.19. The van der Waals surface area contributed by atoms with E-state index in [1.165, 1.54) is 29.5 Å². The van der Waals surface area contributed by atoms with E-state index in [-0.39, 0.29) is 5.82 Å². The van der Waals surface area contributed by atoms with Crippen LogP contribution in [0.3, 0.4) is 0 Å². The van der Waals surface area contributed by atoms with Crippen molar-refractivity contribution >= 4 is 45.1 Å². The number of methoxy groups -OCH3 is 1. The fourth-order valence-corrected chi connectivity index (χ4v) is 4.43. The normalized spacial score (nSPS) is 13.5. The first-order chi connectivity index (χ1) is 12.2. The van der Waals surface area contributed by atoms with Crippen LogP contribution in [-0.4, -0.2) is 28.3 Å². The zero-order valence-corrected chi connectivity index (χ0v) is 14.6. The van der Waals surface area contributed by atoms with Crippen LogP contribution in [0.25, 0.3) is 10.2 Å². The number of thiophene rings is 1. The Morgan fingerprint density at radius 3 is 2.96 bits per heavy atom. The number of hydrogen-bond donors (Lipinski definition) is 3. The van der Waals surface area contributed by atoms with Gasteiger partial charge in [-0.1, -0.05) is 0 Å². The quantitative estimate of drug-likeness (QED) is 0.620. The summed E-state index contributed by atoms with van der Waals surface area (Å²) >= 11 is 1.75. The lowest BCUT2D eigenvalue weighted by atomic mass is 9.97. The van der Waals surface area contributed by atoms with Crippen LogP contribution >= 0.6 is 11.3 Å². The van der Waals surface area contributed by atoms with Crippen molar-refractivity contribution in [1.29, 1.82) is 5.41 Å². The van der Waals surface area contributed by atoms with Gasteiger partial charge >= 0.3 is 0 Å². The molecule has 4 N–H and O–H groups in total. The molecule has 0 bridgehead atoms. The molecule has 4 rings (SSSR count). The van der Waals surface area contributed by atoms with E-state index in [1.807, 2.05) is 0 Å². The van der Waals surface area contributed by atoms with Crippen molar-refractivity contribution in [2.75, 3.05) is 18.2 Å². The summed E-state index contributed by atoms with van der Waals surface area (Å²) in [4.78, 5) is 15.5. The molecule has 25 heavy (non-hydrogen) atoms. The minimum Gasteiger partial charge on any atom is -0.479 e. The number of pyridine rings is 1. The largest absolute Gasteiger partial charge is 0.479 e. The summed E-state index contributed by atoms with van der Waals surface area (Å²) in [6, 6.07) is 1.75. The first kappa shape index (κ1) is 15.8. The molecule has 0 fully saturated rings. The van der Waals surface area contributed by atoms with E-state index in [0.29, 0.717) is 17.1 Å². The van der Waals surface area contributed by atoms with Crippen LogP contribution in [0.5, 0.6) is 5.88 Å². The average molecular weight is 354 g/mol. The van der Waals surface area contributed by atoms with Crippen LogP contribution < -0.4 is 15.8 Å². The molecule has 3 aromatic rings. The Hall–Kier alpha value is -2.74. The summed E-state index contributed by atoms with van der Waals surface area (Å²) in [7, 11) is 1.54. The number of rotatable bonds is 4. The van der Waals surface area contributed by atoms with Crippen LogP contribution in [0.4, 0.5) is 17.3 Å². The molecule has 0 unspecified atom stereocenters. The van der Waals surface area contributed by atoms with Crippen molar-refractivity contribution in [1.82, 2.24) is 15.0 Å². The molecule has 0 aliphatic heterocycles. The van der Waals surface area contributed by atoms with Crippen LogP contribution in [0.15, 0.2) is 12.4 Å². The Labute approximate surface area is 148 Å². The summed E-state index contributed by atoms with van der Waals surface area (Å²) in [6.45, 7) is 0. The molecule has 0 radical (unpaired) electrons. The SMILES string of the molecule is COc1nc(N)c(C=N)cc1Nc1ncnc2sc3c(c12)CCCC3. The van der Waals surface area contributed by atoms with Gasteiger partial charge in [-0.2, -0.15) is 4.98 Å². The molecule has 128 valence electrons. The third-order valence-corrected chi connectivity index (χ3v) is 5.60. The Morgan fingerprint density at radius 2 is 2.16 bits per heavy atom. The molecule has 7 nitrogen and oxygen atoms in total. The molecular formula is C17H18N6OS. The fraction of sp³-hybridized carbons (Fsp3) is 0.294. The van der Waals surface area contributed by atoms with Gasteiger partial charge in [0.1, 0.15) is 28.5 Å². The molecule has 3 heterocycles. The number of nitrogens with two attached hydrogens (primary N) is 1. The van der Waals surface area contributed by atoms with Gasteiger partial charge in [-0.25, -0.2) is 9.97 Å². The second-order valence-electron chi connectivity index (χ2n) is 5.90. The van der Waals surface area contributed by atoms with Gasteiger partial charge in [0.05, 0.1) is 12.5 Å². The standard InChI is InChI=1S/C17H18N6OS/c1-24-16-11(6-9(7-18)14(19)23-16)22-15-13-10-4-2-3-5-12(10)25-17(13)21-8-20-15/h6-8,18H,2-5H2,1H3,(H2,19,23)(H,20,21,22). The number of nitrogens with one attached hydrogen (secondary N) is 2. The lowest BCUT2D eigenvalue weighted by Gasteiger charge is -2.14. The van der Waals surface area contributed by atoms with Crippen molar-refractivity contribution in [2.24, 2.45) is 0 Å². The maximum atomic E-state index is 7.48. The van der Waals surface area contributed by atoms with Crippen molar-refractivity contribution in [3.05, 3.63) is 28.4 Å². The maximum absolute atomic E-state index is 7.48. The molecule has 0 saturated carbocycles. The molecule has 0 saturated heterocycles. The number of ether oxygens (including phenoxy) is 1. The third kappa shape index (κ3) is 2.68. The monoisotopic (exact) mass is 354 g/mol. The average Bonchev–Trinajstić information content (AvgIpc) is 3.02. The van der Waals surface area contributed by atoms with Gasteiger partial charge in [0.15, 0.2) is 0 Å². The lowest BCUT2D eigenvalue weighted by molar-refractivity contribution is 0.401. The third-order valence-electron chi connectivity index (χ3n) is 4.40. The number of nitrogens with zero attached hydrogens (tertiary/aromatic N) is 3. The molecule has 0 amide bonds. The summed E-state index contributed by atoms with van der Waals surface area (Å²) in [5, 5.41) is 11.9. The number of anilines is 3. The van der Waals surface area contributed by atoms with Crippen LogP contribution in [0.1, 0.15) is 28.8 Å². The summed E-state index contributed by atoms with van der Waals surface area (Å²) in [6.07, 6.45) is 7.34. The van der Waals surface area contributed by atoms with Crippen molar-refractivity contribution < 1.29 is 4.74 Å². The number of hydrogen-bond acceptors (Lipinski definition) is 8. The molecule has 1 aliphatic carbocycles. The van der Waals surface area contributed by atoms with Crippen LogP contribution in [0.2, 0.25) is 0 Å². The minimum atomic E-state index is 0.262. The number of nitrogen functional groups attached to an aromatic ring is 1. The first-order valence-corrected chi connectivity index (χ1v) is 8.90. The smallest absolute Gasteiger partial charge is 0.239 e. The van der Waals surface area contributed by atoms with Gasteiger partial charge in [0, 0.05) is 16.7 Å². The lowest BCUT2D eigenvalue weighted by Crippen LogP contribution is -2.05. The van der Waals surface area contributed by atoms with Crippen molar-refractivity contribution in [3.63, 3.8) is 0 Å². The summed E-state index contributed by atoms with van der Waals surface area (Å²) in [5.74, 6) is 1.38. The molecular weight excluding hydrogens is 336 g/mol. The highest BCUT2D eigenvalue weighted by atomic mass is 32.1. The topological polar surface area (TPSA) is 110 Å². The van der Waals surface area contributed by atoms with E-state index in [1.54, 1.807) is 30.8 Å². The molecule has 8 heteroatoms. The van der Waals surface area contributed by atoms with Crippen LogP contribution in [0, 0.1) is 5.41 Å². The predicted molar refractivity (Wildman–Crippen MR) is 100 cm³/mol. The summed E-state index contributed by atoms with van der Waals surface area (Å²) < 4.78 is 5.33. The number of aryl methyl sites for hydroxylation is 2. The van der Waals surface area contributed by atoms with Crippen LogP contribution in [-0.2, 0) is 12.8 Å². The molecule has 0 atom stereocenters. The van der Waals surface area contributed by atoms with E-state index in [4.69, 9.17) is 15.9 Å². The molecule has 1 aliphatic rings. The number of fused-ring (bicyclic) bond motifs is 3. The van der Waals surface area contributed by atoms with Gasteiger partial charge in [-0.15, -0.1) is 11.3 Å².